The molecule has 5 aromatic rings. The standard InChI is InChI=1S/C27H23N5O3S/c1-17-6-2-5-9-22(17)32-26(20-14-28-21-8-4-3-7-19(20)21)30-31-27(32)36-15-25(33)29-13-18-10-11-23-24(12-18)35-16-34-23/h2-12,14,28H,13,15-16H2,1H3,(H,29,33). The zero-order chi connectivity index (χ0) is 24.5. The summed E-state index contributed by atoms with van der Waals surface area (Å²) < 4.78 is 12.8. The molecule has 8 nitrogen and oxygen atoms in total. The molecule has 3 heterocycles. The van der Waals surface area contributed by atoms with E-state index in [-0.39, 0.29) is 18.5 Å². The third-order valence-corrected chi connectivity index (χ3v) is 7.01. The van der Waals surface area contributed by atoms with Gasteiger partial charge in [0.15, 0.2) is 22.5 Å². The van der Waals surface area contributed by atoms with Gasteiger partial charge in [0, 0.05) is 29.2 Å². The Morgan fingerprint density at radius 1 is 1.06 bits per heavy atom. The second kappa shape index (κ2) is 9.43. The van der Waals surface area contributed by atoms with Crippen molar-refractivity contribution in [2.24, 2.45) is 0 Å². The minimum absolute atomic E-state index is 0.0920. The number of thioether (sulfide) groups is 1. The number of H-pyrrole nitrogens is 1. The highest BCUT2D eigenvalue weighted by Crippen LogP contribution is 2.34. The van der Waals surface area contributed by atoms with E-state index in [4.69, 9.17) is 9.47 Å². The van der Waals surface area contributed by atoms with E-state index in [0.717, 1.165) is 44.9 Å². The number of hydrogen-bond donors (Lipinski definition) is 2. The van der Waals surface area contributed by atoms with Gasteiger partial charge in [-0.25, -0.2) is 0 Å². The first-order chi connectivity index (χ1) is 17.7. The highest BCUT2D eigenvalue weighted by atomic mass is 32.2. The summed E-state index contributed by atoms with van der Waals surface area (Å²) in [4.78, 5) is 16.0. The summed E-state index contributed by atoms with van der Waals surface area (Å²) in [6.45, 7) is 2.69. The number of ether oxygens (including phenoxy) is 2. The maximum Gasteiger partial charge on any atom is 0.231 e. The average molecular weight is 498 g/mol. The fourth-order valence-corrected chi connectivity index (χ4v) is 5.03. The van der Waals surface area contributed by atoms with E-state index in [9.17, 15) is 4.79 Å². The van der Waals surface area contributed by atoms with E-state index < -0.39 is 0 Å². The second-order valence-corrected chi connectivity index (χ2v) is 9.37. The molecule has 1 aliphatic rings. The van der Waals surface area contributed by atoms with Crippen molar-refractivity contribution in [3.63, 3.8) is 0 Å². The molecule has 1 amide bonds. The maximum atomic E-state index is 12.7. The molecule has 0 atom stereocenters. The lowest BCUT2D eigenvalue weighted by molar-refractivity contribution is -0.118. The van der Waals surface area contributed by atoms with Crippen LogP contribution in [0.3, 0.4) is 0 Å². The number of carbonyl (C=O) groups is 1. The van der Waals surface area contributed by atoms with Gasteiger partial charge in [-0.2, -0.15) is 0 Å². The van der Waals surface area contributed by atoms with Crippen molar-refractivity contribution in [2.45, 2.75) is 18.6 Å². The van der Waals surface area contributed by atoms with Gasteiger partial charge in [0.25, 0.3) is 0 Å². The number of rotatable bonds is 7. The molecule has 0 aliphatic carbocycles. The smallest absolute Gasteiger partial charge is 0.231 e. The highest BCUT2D eigenvalue weighted by molar-refractivity contribution is 7.99. The number of nitrogens with one attached hydrogen (secondary N) is 2. The van der Waals surface area contributed by atoms with Gasteiger partial charge in [-0.05, 0) is 42.3 Å². The lowest BCUT2D eigenvalue weighted by atomic mass is 10.1. The quantitative estimate of drug-likeness (QED) is 0.312. The topological polar surface area (TPSA) is 94.1 Å². The summed E-state index contributed by atoms with van der Waals surface area (Å²) in [7, 11) is 0. The Morgan fingerprint density at radius 3 is 2.81 bits per heavy atom. The molecule has 180 valence electrons. The Kier molecular flexibility index (Phi) is 5.82. The van der Waals surface area contributed by atoms with Crippen LogP contribution >= 0.6 is 11.8 Å². The molecule has 9 heteroatoms. The Hall–Kier alpha value is -4.24. The third-order valence-electron chi connectivity index (χ3n) is 6.08. The lowest BCUT2D eigenvalue weighted by Crippen LogP contribution is -2.24. The van der Waals surface area contributed by atoms with Crippen molar-refractivity contribution < 1.29 is 14.3 Å². The normalized spacial score (nSPS) is 12.2. The van der Waals surface area contributed by atoms with E-state index in [0.29, 0.717) is 17.5 Å². The molecule has 0 saturated heterocycles. The summed E-state index contributed by atoms with van der Waals surface area (Å²) in [6.07, 6.45) is 1.95. The molecule has 0 unspecified atom stereocenters. The SMILES string of the molecule is Cc1ccccc1-n1c(SCC(=O)NCc2ccc3c(c2)OCO3)nnc1-c1c[nH]c2ccccc12. The zero-order valence-corrected chi connectivity index (χ0v) is 20.3. The van der Waals surface area contributed by atoms with Crippen LogP contribution in [0.5, 0.6) is 11.5 Å². The van der Waals surface area contributed by atoms with Crippen LogP contribution in [0.2, 0.25) is 0 Å². The summed E-state index contributed by atoms with van der Waals surface area (Å²) >= 11 is 1.36. The van der Waals surface area contributed by atoms with Gasteiger partial charge in [-0.3, -0.25) is 9.36 Å². The molecule has 2 N–H and O–H groups in total. The number of aromatic nitrogens is 4. The number of aryl methyl sites for hydroxylation is 1. The first-order valence-corrected chi connectivity index (χ1v) is 12.5. The fraction of sp³-hybridized carbons (Fsp3) is 0.148. The van der Waals surface area contributed by atoms with Crippen LogP contribution in [0, 0.1) is 6.92 Å². The van der Waals surface area contributed by atoms with Gasteiger partial charge >= 0.3 is 0 Å². The van der Waals surface area contributed by atoms with E-state index in [1.165, 1.54) is 11.8 Å². The van der Waals surface area contributed by atoms with Crippen LogP contribution in [0.15, 0.2) is 78.1 Å². The van der Waals surface area contributed by atoms with Crippen LogP contribution in [0.4, 0.5) is 0 Å². The number of hydrogen-bond acceptors (Lipinski definition) is 6. The van der Waals surface area contributed by atoms with Crippen molar-refractivity contribution in [1.82, 2.24) is 25.1 Å². The Morgan fingerprint density at radius 2 is 1.89 bits per heavy atom. The van der Waals surface area contributed by atoms with E-state index in [2.05, 4.69) is 39.6 Å². The van der Waals surface area contributed by atoms with E-state index >= 15 is 0 Å². The van der Waals surface area contributed by atoms with Crippen molar-refractivity contribution >= 4 is 28.6 Å². The van der Waals surface area contributed by atoms with Crippen LogP contribution < -0.4 is 14.8 Å². The summed E-state index contributed by atoms with van der Waals surface area (Å²) in [5.74, 6) is 2.27. The van der Waals surface area contributed by atoms with Crippen LogP contribution in [0.1, 0.15) is 11.1 Å². The Balaban J connectivity index is 1.24. The number of fused-ring (bicyclic) bond motifs is 2. The Bertz CT molecular complexity index is 1570. The van der Waals surface area contributed by atoms with Gasteiger partial charge in [0.05, 0.1) is 11.4 Å². The largest absolute Gasteiger partial charge is 0.454 e. The molecule has 0 fully saturated rings. The number of benzene rings is 3. The monoisotopic (exact) mass is 497 g/mol. The molecular weight excluding hydrogens is 474 g/mol. The molecule has 0 saturated carbocycles. The summed E-state index contributed by atoms with van der Waals surface area (Å²) in [6, 6.07) is 21.9. The zero-order valence-electron chi connectivity index (χ0n) is 19.5. The molecule has 36 heavy (non-hydrogen) atoms. The van der Waals surface area contributed by atoms with Gasteiger partial charge in [-0.1, -0.05) is 54.2 Å². The van der Waals surface area contributed by atoms with Gasteiger partial charge < -0.3 is 19.8 Å². The lowest BCUT2D eigenvalue weighted by Gasteiger charge is -2.12. The molecule has 0 spiro atoms. The minimum atomic E-state index is -0.0920. The van der Waals surface area contributed by atoms with Crippen LogP contribution in [0.25, 0.3) is 28.0 Å². The number of aromatic amines is 1. The molecule has 2 aromatic heterocycles. The minimum Gasteiger partial charge on any atom is -0.454 e. The molecule has 0 radical (unpaired) electrons. The predicted octanol–water partition coefficient (Wildman–Crippen LogP) is 4.86. The second-order valence-electron chi connectivity index (χ2n) is 8.43. The first-order valence-electron chi connectivity index (χ1n) is 11.5. The average Bonchev–Trinajstić information content (AvgIpc) is 3.64. The van der Waals surface area contributed by atoms with Gasteiger partial charge in [0.1, 0.15) is 0 Å². The molecular formula is C27H23N5O3S. The number of para-hydroxylation sites is 2. The Labute approximate surface area is 211 Å². The highest BCUT2D eigenvalue weighted by Gasteiger charge is 2.21. The van der Waals surface area contributed by atoms with E-state index in [1.54, 1.807) is 0 Å². The number of carbonyl (C=O) groups excluding carboxylic acids is 1. The molecule has 3 aromatic carbocycles. The molecule has 0 bridgehead atoms. The number of nitrogens with zero attached hydrogens (tertiary/aromatic N) is 3. The van der Waals surface area contributed by atoms with Crippen LogP contribution in [-0.4, -0.2) is 38.2 Å². The molecule has 6 rings (SSSR count). The van der Waals surface area contributed by atoms with Crippen molar-refractivity contribution in [3.8, 4) is 28.6 Å². The van der Waals surface area contributed by atoms with Crippen molar-refractivity contribution in [2.75, 3.05) is 12.5 Å². The predicted molar refractivity (Wildman–Crippen MR) is 139 cm³/mol. The maximum absolute atomic E-state index is 12.7. The summed E-state index contributed by atoms with van der Waals surface area (Å²) in [5.41, 5.74) is 5.00. The summed E-state index contributed by atoms with van der Waals surface area (Å²) in [5, 5.41) is 13.7. The van der Waals surface area contributed by atoms with Gasteiger partial charge in [0.2, 0.25) is 12.7 Å². The fourth-order valence-electron chi connectivity index (χ4n) is 4.26. The molecule has 1 aliphatic heterocycles. The van der Waals surface area contributed by atoms with Crippen LogP contribution in [-0.2, 0) is 11.3 Å². The third kappa shape index (κ3) is 4.18. The van der Waals surface area contributed by atoms with Gasteiger partial charge in [-0.15, -0.1) is 10.2 Å². The number of amides is 1. The van der Waals surface area contributed by atoms with Crippen molar-refractivity contribution in [3.05, 3.63) is 84.1 Å². The first kappa shape index (κ1) is 22.2. The van der Waals surface area contributed by atoms with E-state index in [1.807, 2.05) is 65.4 Å². The van der Waals surface area contributed by atoms with Crippen molar-refractivity contribution in [1.29, 1.82) is 0 Å².